The second kappa shape index (κ2) is 7.01. The third-order valence-electron chi connectivity index (χ3n) is 4.46. The molecule has 1 N–H and O–H groups in total. The lowest BCUT2D eigenvalue weighted by Gasteiger charge is -2.22. The Morgan fingerprint density at radius 3 is 2.48 bits per heavy atom. The molecule has 0 saturated heterocycles. The minimum atomic E-state index is -0.199. The van der Waals surface area contributed by atoms with Crippen molar-refractivity contribution < 1.29 is 13.9 Å². The van der Waals surface area contributed by atoms with E-state index < -0.39 is 0 Å². The summed E-state index contributed by atoms with van der Waals surface area (Å²) in [4.78, 5) is 12.8. The first-order valence-electron chi connectivity index (χ1n) is 8.44. The molecule has 1 aromatic heterocycles. The van der Waals surface area contributed by atoms with Gasteiger partial charge in [-0.2, -0.15) is 0 Å². The number of methoxy groups -OCH3 is 1. The molecule has 3 rings (SSSR count). The second-order valence-corrected chi connectivity index (χ2v) is 6.52. The van der Waals surface area contributed by atoms with Crippen LogP contribution < -0.4 is 10.1 Å². The Morgan fingerprint density at radius 2 is 1.84 bits per heavy atom. The topological polar surface area (TPSA) is 51.5 Å². The molecule has 4 heteroatoms. The van der Waals surface area contributed by atoms with Gasteiger partial charge in [-0.15, -0.1) is 0 Å². The van der Waals surface area contributed by atoms with Crippen molar-refractivity contribution >= 4 is 16.9 Å². The Balaban J connectivity index is 1.92. The highest BCUT2D eigenvalue weighted by Crippen LogP contribution is 2.30. The number of fused-ring (bicyclic) bond motifs is 1. The van der Waals surface area contributed by atoms with E-state index in [0.717, 1.165) is 22.3 Å². The van der Waals surface area contributed by atoms with E-state index in [1.807, 2.05) is 55.5 Å². The number of carbonyl (C=O) groups excluding carboxylic acids is 1. The molecule has 4 nitrogen and oxygen atoms in total. The van der Waals surface area contributed by atoms with Gasteiger partial charge in [0.1, 0.15) is 11.3 Å². The van der Waals surface area contributed by atoms with Crippen molar-refractivity contribution in [1.82, 2.24) is 5.32 Å². The molecule has 0 spiro atoms. The molecule has 2 aromatic carbocycles. The zero-order chi connectivity index (χ0) is 18.0. The molecule has 3 aromatic rings. The number of carbonyl (C=O) groups is 1. The molecule has 0 aliphatic heterocycles. The van der Waals surface area contributed by atoms with Gasteiger partial charge in [-0.05, 0) is 36.6 Å². The standard InChI is InChI=1S/C21H23NO3/c1-13(2)19(15-8-6-5-7-9-15)22-21(23)20-14(3)17-12-16(24-4)10-11-18(17)25-20/h5-13,19H,1-4H3,(H,22,23)/t19-/m0/s1. The van der Waals surface area contributed by atoms with E-state index in [2.05, 4.69) is 19.2 Å². The monoisotopic (exact) mass is 337 g/mol. The minimum Gasteiger partial charge on any atom is -0.497 e. The summed E-state index contributed by atoms with van der Waals surface area (Å²) in [7, 11) is 1.62. The van der Waals surface area contributed by atoms with Crippen LogP contribution in [-0.4, -0.2) is 13.0 Å². The Hall–Kier alpha value is -2.75. The number of ether oxygens (including phenoxy) is 1. The maximum absolute atomic E-state index is 12.8. The Morgan fingerprint density at radius 1 is 1.12 bits per heavy atom. The molecule has 0 radical (unpaired) electrons. The first-order valence-corrected chi connectivity index (χ1v) is 8.44. The van der Waals surface area contributed by atoms with Gasteiger partial charge >= 0.3 is 0 Å². The summed E-state index contributed by atoms with van der Waals surface area (Å²) in [6.07, 6.45) is 0. The average molecular weight is 337 g/mol. The Bertz CT molecular complexity index is 881. The maximum atomic E-state index is 12.8. The summed E-state index contributed by atoms with van der Waals surface area (Å²) in [6, 6.07) is 15.5. The minimum absolute atomic E-state index is 0.0733. The molecule has 130 valence electrons. The smallest absolute Gasteiger partial charge is 0.287 e. The molecule has 1 amide bonds. The first kappa shape index (κ1) is 17.1. The summed E-state index contributed by atoms with van der Waals surface area (Å²) in [5, 5.41) is 4.01. The predicted molar refractivity (Wildman–Crippen MR) is 99.0 cm³/mol. The Kier molecular flexibility index (Phi) is 4.79. The summed E-state index contributed by atoms with van der Waals surface area (Å²) in [5.41, 5.74) is 2.59. The van der Waals surface area contributed by atoms with Crippen molar-refractivity contribution in [3.63, 3.8) is 0 Å². The molecule has 0 fully saturated rings. The van der Waals surface area contributed by atoms with E-state index in [4.69, 9.17) is 9.15 Å². The first-order chi connectivity index (χ1) is 12.0. The Labute approximate surface area is 147 Å². The van der Waals surface area contributed by atoms with Crippen LogP contribution in [0.15, 0.2) is 52.9 Å². The molecule has 0 aliphatic carbocycles. The normalized spacial score (nSPS) is 12.4. The van der Waals surface area contributed by atoms with Crippen molar-refractivity contribution in [2.45, 2.75) is 26.8 Å². The predicted octanol–water partition coefficient (Wildman–Crippen LogP) is 4.88. The molecule has 25 heavy (non-hydrogen) atoms. The molecular weight excluding hydrogens is 314 g/mol. The molecule has 0 aliphatic rings. The third-order valence-corrected chi connectivity index (χ3v) is 4.46. The van der Waals surface area contributed by atoms with E-state index in [9.17, 15) is 4.79 Å². The third kappa shape index (κ3) is 3.38. The molecular formula is C21H23NO3. The van der Waals surface area contributed by atoms with Gasteiger partial charge in [0.25, 0.3) is 5.91 Å². The number of benzene rings is 2. The van der Waals surface area contributed by atoms with E-state index >= 15 is 0 Å². The molecule has 1 atom stereocenters. The van der Waals surface area contributed by atoms with E-state index in [-0.39, 0.29) is 17.9 Å². The number of aryl methyl sites for hydroxylation is 1. The second-order valence-electron chi connectivity index (χ2n) is 6.52. The van der Waals surface area contributed by atoms with Crippen LogP contribution in [0.3, 0.4) is 0 Å². The molecule has 0 saturated carbocycles. The van der Waals surface area contributed by atoms with Crippen LogP contribution >= 0.6 is 0 Å². The van der Waals surface area contributed by atoms with E-state index in [0.29, 0.717) is 11.3 Å². The number of nitrogens with one attached hydrogen (secondary N) is 1. The van der Waals surface area contributed by atoms with Gasteiger partial charge in [-0.3, -0.25) is 4.79 Å². The van der Waals surface area contributed by atoms with E-state index in [1.54, 1.807) is 7.11 Å². The van der Waals surface area contributed by atoms with Crippen LogP contribution in [0.25, 0.3) is 11.0 Å². The summed E-state index contributed by atoms with van der Waals surface area (Å²) >= 11 is 0. The lowest BCUT2D eigenvalue weighted by atomic mass is 9.96. The van der Waals surface area contributed by atoms with Gasteiger partial charge in [-0.25, -0.2) is 0 Å². The number of rotatable bonds is 5. The van der Waals surface area contributed by atoms with Crippen LogP contribution in [0.2, 0.25) is 0 Å². The van der Waals surface area contributed by atoms with Gasteiger partial charge in [-0.1, -0.05) is 44.2 Å². The summed E-state index contributed by atoms with van der Waals surface area (Å²) in [6.45, 7) is 6.08. The zero-order valence-electron chi connectivity index (χ0n) is 15.0. The number of hydrogen-bond donors (Lipinski definition) is 1. The highest BCUT2D eigenvalue weighted by Gasteiger charge is 2.23. The van der Waals surface area contributed by atoms with Gasteiger partial charge in [0.05, 0.1) is 13.2 Å². The fraction of sp³-hybridized carbons (Fsp3) is 0.286. The fourth-order valence-corrected chi connectivity index (χ4v) is 3.05. The zero-order valence-corrected chi connectivity index (χ0v) is 15.0. The average Bonchev–Trinajstić information content (AvgIpc) is 2.96. The van der Waals surface area contributed by atoms with Crippen molar-refractivity contribution in [1.29, 1.82) is 0 Å². The van der Waals surface area contributed by atoms with Gasteiger partial charge in [0.15, 0.2) is 5.76 Å². The molecule has 1 heterocycles. The van der Waals surface area contributed by atoms with Crippen LogP contribution in [0.5, 0.6) is 5.75 Å². The van der Waals surface area contributed by atoms with Crippen LogP contribution in [0.1, 0.15) is 41.6 Å². The maximum Gasteiger partial charge on any atom is 0.287 e. The fourth-order valence-electron chi connectivity index (χ4n) is 3.05. The summed E-state index contributed by atoms with van der Waals surface area (Å²) in [5.74, 6) is 1.16. The van der Waals surface area contributed by atoms with Gasteiger partial charge in [0, 0.05) is 10.9 Å². The van der Waals surface area contributed by atoms with Crippen molar-refractivity contribution in [2.24, 2.45) is 5.92 Å². The van der Waals surface area contributed by atoms with Crippen molar-refractivity contribution in [3.8, 4) is 5.75 Å². The number of furan rings is 1. The van der Waals surface area contributed by atoms with E-state index in [1.165, 1.54) is 0 Å². The summed E-state index contributed by atoms with van der Waals surface area (Å²) < 4.78 is 11.1. The van der Waals surface area contributed by atoms with Crippen LogP contribution in [-0.2, 0) is 0 Å². The van der Waals surface area contributed by atoms with Crippen molar-refractivity contribution in [2.75, 3.05) is 7.11 Å². The highest BCUT2D eigenvalue weighted by atomic mass is 16.5. The SMILES string of the molecule is COc1ccc2oc(C(=O)N[C@H](c3ccccc3)C(C)C)c(C)c2c1. The number of amides is 1. The van der Waals surface area contributed by atoms with Crippen molar-refractivity contribution in [3.05, 3.63) is 65.4 Å². The van der Waals surface area contributed by atoms with Gasteiger partial charge in [0.2, 0.25) is 0 Å². The largest absolute Gasteiger partial charge is 0.497 e. The molecule has 0 unspecified atom stereocenters. The van der Waals surface area contributed by atoms with Gasteiger partial charge < -0.3 is 14.5 Å². The molecule has 0 bridgehead atoms. The van der Waals surface area contributed by atoms with Crippen LogP contribution in [0, 0.1) is 12.8 Å². The number of hydrogen-bond acceptors (Lipinski definition) is 3. The van der Waals surface area contributed by atoms with Crippen LogP contribution in [0.4, 0.5) is 0 Å². The lowest BCUT2D eigenvalue weighted by Crippen LogP contribution is -2.31. The lowest BCUT2D eigenvalue weighted by molar-refractivity contribution is 0.0898. The highest BCUT2D eigenvalue weighted by molar-refractivity contribution is 5.99. The quantitative estimate of drug-likeness (QED) is 0.722.